The number of rotatable bonds is 6. The number of amides is 2. The van der Waals surface area contributed by atoms with E-state index >= 15 is 0 Å². The molecule has 0 bridgehead atoms. The lowest BCUT2D eigenvalue weighted by atomic mass is 10.1. The van der Waals surface area contributed by atoms with Gasteiger partial charge in [-0.1, -0.05) is 24.3 Å². The van der Waals surface area contributed by atoms with E-state index in [9.17, 15) is 19.7 Å². The molecule has 9 heteroatoms. The van der Waals surface area contributed by atoms with E-state index in [0.29, 0.717) is 16.8 Å². The molecule has 0 atom stereocenters. The predicted octanol–water partition coefficient (Wildman–Crippen LogP) is 3.26. The second-order valence-corrected chi connectivity index (χ2v) is 6.71. The first kappa shape index (κ1) is 21.7. The van der Waals surface area contributed by atoms with Crippen LogP contribution in [0.15, 0.2) is 54.6 Å². The Labute approximate surface area is 173 Å². The molecule has 2 rings (SSSR count). The lowest BCUT2D eigenvalue weighted by Crippen LogP contribution is -2.34. The molecule has 0 saturated heterocycles. The molecule has 150 valence electrons. The zero-order valence-electron chi connectivity index (χ0n) is 15.8. The molecule has 0 fully saturated rings. The van der Waals surface area contributed by atoms with E-state index in [1.54, 1.807) is 30.3 Å². The number of para-hydroxylation sites is 1. The molecular formula is C20H20N4O4S. The van der Waals surface area contributed by atoms with Gasteiger partial charge in [0.25, 0.3) is 11.6 Å². The van der Waals surface area contributed by atoms with Crippen molar-refractivity contribution < 1.29 is 14.5 Å². The van der Waals surface area contributed by atoms with Gasteiger partial charge in [0.05, 0.1) is 16.2 Å². The van der Waals surface area contributed by atoms with Crippen LogP contribution in [-0.4, -0.2) is 27.9 Å². The average Bonchev–Trinajstić information content (AvgIpc) is 2.66. The van der Waals surface area contributed by atoms with Gasteiger partial charge >= 0.3 is 0 Å². The molecule has 0 radical (unpaired) electrons. The van der Waals surface area contributed by atoms with E-state index in [2.05, 4.69) is 16.0 Å². The summed E-state index contributed by atoms with van der Waals surface area (Å²) in [5.41, 5.74) is 1.29. The van der Waals surface area contributed by atoms with Gasteiger partial charge in [-0.25, -0.2) is 0 Å². The van der Waals surface area contributed by atoms with Crippen molar-refractivity contribution in [2.24, 2.45) is 0 Å². The van der Waals surface area contributed by atoms with Gasteiger partial charge in [0.1, 0.15) is 0 Å². The third-order valence-electron chi connectivity index (χ3n) is 3.58. The van der Waals surface area contributed by atoms with Crippen LogP contribution < -0.4 is 16.0 Å². The highest BCUT2D eigenvalue weighted by atomic mass is 32.1. The summed E-state index contributed by atoms with van der Waals surface area (Å²) in [5, 5.41) is 18.9. The van der Waals surface area contributed by atoms with Gasteiger partial charge in [-0.2, -0.15) is 0 Å². The number of nitrogens with one attached hydrogen (secondary N) is 3. The normalized spacial score (nSPS) is 10.6. The Balaban J connectivity index is 2.01. The highest BCUT2D eigenvalue weighted by molar-refractivity contribution is 7.80. The summed E-state index contributed by atoms with van der Waals surface area (Å²) in [6.07, 6.45) is 2.65. The summed E-state index contributed by atoms with van der Waals surface area (Å²) in [6, 6.07) is 12.6. The van der Waals surface area contributed by atoms with Crippen molar-refractivity contribution in [1.29, 1.82) is 0 Å². The number of benzene rings is 2. The number of nitro benzene ring substituents is 1. The molecule has 0 aromatic heterocycles. The Hall–Kier alpha value is -3.59. The van der Waals surface area contributed by atoms with E-state index in [1.165, 1.54) is 30.4 Å². The number of carbonyl (C=O) groups excluding carboxylic acids is 2. The Kier molecular flexibility index (Phi) is 7.55. The molecule has 29 heavy (non-hydrogen) atoms. The van der Waals surface area contributed by atoms with Crippen LogP contribution >= 0.6 is 12.2 Å². The third-order valence-corrected chi connectivity index (χ3v) is 3.79. The predicted molar refractivity (Wildman–Crippen MR) is 116 cm³/mol. The monoisotopic (exact) mass is 412 g/mol. The summed E-state index contributed by atoms with van der Waals surface area (Å²) in [5.74, 6) is -0.777. The van der Waals surface area contributed by atoms with E-state index in [-0.39, 0.29) is 22.7 Å². The molecule has 0 aliphatic heterocycles. The zero-order chi connectivity index (χ0) is 21.4. The van der Waals surface area contributed by atoms with Crippen molar-refractivity contribution in [2.45, 2.75) is 19.9 Å². The van der Waals surface area contributed by atoms with E-state index in [0.717, 1.165) is 0 Å². The molecule has 2 amide bonds. The summed E-state index contributed by atoms with van der Waals surface area (Å²) in [6.45, 7) is 3.71. The van der Waals surface area contributed by atoms with Crippen molar-refractivity contribution in [1.82, 2.24) is 10.6 Å². The van der Waals surface area contributed by atoms with Gasteiger partial charge < -0.3 is 10.6 Å². The molecule has 3 N–H and O–H groups in total. The van der Waals surface area contributed by atoms with Gasteiger partial charge in [0, 0.05) is 24.3 Å². The summed E-state index contributed by atoms with van der Waals surface area (Å²) in [7, 11) is 0. The van der Waals surface area contributed by atoms with E-state index in [1.807, 2.05) is 13.8 Å². The van der Waals surface area contributed by atoms with Crippen LogP contribution in [0.4, 0.5) is 11.4 Å². The van der Waals surface area contributed by atoms with Crippen LogP contribution in [0.3, 0.4) is 0 Å². The second kappa shape index (κ2) is 10.1. The highest BCUT2D eigenvalue weighted by Gasteiger charge is 2.13. The van der Waals surface area contributed by atoms with Gasteiger partial charge in [0.15, 0.2) is 5.11 Å². The van der Waals surface area contributed by atoms with Gasteiger partial charge in [-0.05, 0) is 49.8 Å². The van der Waals surface area contributed by atoms with Crippen molar-refractivity contribution in [3.8, 4) is 0 Å². The quantitative estimate of drug-likeness (QED) is 0.290. The van der Waals surface area contributed by atoms with Crippen LogP contribution in [0.25, 0.3) is 6.08 Å². The number of anilines is 1. The van der Waals surface area contributed by atoms with Crippen LogP contribution in [0.5, 0.6) is 0 Å². The van der Waals surface area contributed by atoms with Crippen LogP contribution in [0.2, 0.25) is 0 Å². The number of hydrogen-bond acceptors (Lipinski definition) is 5. The van der Waals surface area contributed by atoms with Crippen LogP contribution in [-0.2, 0) is 4.79 Å². The minimum Gasteiger partial charge on any atom is -0.350 e. The lowest BCUT2D eigenvalue weighted by molar-refractivity contribution is -0.384. The fourth-order valence-corrected chi connectivity index (χ4v) is 2.56. The molecule has 0 heterocycles. The first-order valence-corrected chi connectivity index (χ1v) is 9.11. The minimum absolute atomic E-state index is 0.0171. The molecule has 2 aromatic rings. The van der Waals surface area contributed by atoms with Gasteiger partial charge in [-0.15, -0.1) is 0 Å². The fraction of sp³-hybridized carbons (Fsp3) is 0.150. The largest absolute Gasteiger partial charge is 0.350 e. The summed E-state index contributed by atoms with van der Waals surface area (Å²) < 4.78 is 0. The molecule has 0 aliphatic carbocycles. The Morgan fingerprint density at radius 3 is 2.55 bits per heavy atom. The highest BCUT2D eigenvalue weighted by Crippen LogP contribution is 2.16. The maximum absolute atomic E-state index is 12.3. The second-order valence-electron chi connectivity index (χ2n) is 6.30. The number of non-ortho nitro benzene ring substituents is 1. The SMILES string of the molecule is CC(C)NC(=O)c1ccccc1NC(=S)NC(=O)/C=C/c1cccc([N+](=O)[O-])c1. The van der Waals surface area contributed by atoms with Crippen molar-refractivity contribution >= 4 is 46.6 Å². The number of nitrogens with zero attached hydrogens (tertiary/aromatic N) is 1. The van der Waals surface area contributed by atoms with Crippen LogP contribution in [0, 0.1) is 10.1 Å². The first-order chi connectivity index (χ1) is 13.8. The van der Waals surface area contributed by atoms with Crippen molar-refractivity contribution in [3.63, 3.8) is 0 Å². The minimum atomic E-state index is -0.516. The molecule has 0 unspecified atom stereocenters. The lowest BCUT2D eigenvalue weighted by Gasteiger charge is -2.14. The average molecular weight is 412 g/mol. The summed E-state index contributed by atoms with van der Waals surface area (Å²) >= 11 is 5.13. The van der Waals surface area contributed by atoms with Crippen LogP contribution in [0.1, 0.15) is 29.8 Å². The number of hydrogen-bond donors (Lipinski definition) is 3. The standard InChI is InChI=1S/C20H20N4O4S/c1-13(2)21-19(26)16-8-3-4-9-17(16)22-20(29)23-18(25)11-10-14-6-5-7-15(12-14)24(27)28/h3-13H,1-2H3,(H,21,26)(H2,22,23,25,29)/b11-10+. The number of nitro groups is 1. The molecular weight excluding hydrogens is 392 g/mol. The van der Waals surface area contributed by atoms with Gasteiger partial charge in [0.2, 0.25) is 5.91 Å². The smallest absolute Gasteiger partial charge is 0.270 e. The number of carbonyl (C=O) groups is 2. The Morgan fingerprint density at radius 2 is 1.86 bits per heavy atom. The van der Waals surface area contributed by atoms with Crippen molar-refractivity contribution in [2.75, 3.05) is 5.32 Å². The molecule has 8 nitrogen and oxygen atoms in total. The number of thiocarbonyl (C=S) groups is 1. The molecule has 2 aromatic carbocycles. The Bertz CT molecular complexity index is 972. The molecule has 0 spiro atoms. The maximum Gasteiger partial charge on any atom is 0.270 e. The maximum atomic E-state index is 12.3. The molecule has 0 aliphatic rings. The zero-order valence-corrected chi connectivity index (χ0v) is 16.7. The van der Waals surface area contributed by atoms with Gasteiger partial charge in [-0.3, -0.25) is 25.0 Å². The fourth-order valence-electron chi connectivity index (χ4n) is 2.35. The summed E-state index contributed by atoms with van der Waals surface area (Å²) in [4.78, 5) is 34.6. The molecule has 0 saturated carbocycles. The van der Waals surface area contributed by atoms with Crippen molar-refractivity contribution in [3.05, 3.63) is 75.8 Å². The Morgan fingerprint density at radius 1 is 1.14 bits per heavy atom. The third kappa shape index (κ3) is 6.82. The van der Waals surface area contributed by atoms with E-state index < -0.39 is 10.8 Å². The first-order valence-electron chi connectivity index (χ1n) is 8.70. The van der Waals surface area contributed by atoms with E-state index in [4.69, 9.17) is 12.2 Å². The topological polar surface area (TPSA) is 113 Å².